The Labute approximate surface area is 204 Å². The van der Waals surface area contributed by atoms with Gasteiger partial charge in [-0.3, -0.25) is 0 Å². The molecule has 4 heterocycles. The van der Waals surface area contributed by atoms with Crippen LogP contribution >= 0.6 is 0 Å². The van der Waals surface area contributed by atoms with Crippen molar-refractivity contribution in [3.8, 4) is 0 Å². The topological polar surface area (TPSA) is 61.5 Å². The first-order chi connectivity index (χ1) is 15.9. The highest BCUT2D eigenvalue weighted by Gasteiger charge is 2.33. The third kappa shape index (κ3) is 5.49. The van der Waals surface area contributed by atoms with Crippen LogP contribution in [0.5, 0.6) is 0 Å². The summed E-state index contributed by atoms with van der Waals surface area (Å²) in [6.45, 7) is 17.8. The molecule has 3 aromatic rings. The Hall–Kier alpha value is -2.32. The molecule has 3 aromatic heterocycles. The van der Waals surface area contributed by atoms with E-state index in [2.05, 4.69) is 60.2 Å². The molecule has 2 atom stereocenters. The lowest BCUT2D eigenvalue weighted by Crippen LogP contribution is -2.45. The molecule has 0 radical (unpaired) electrons. The van der Waals surface area contributed by atoms with E-state index in [1.54, 1.807) is 0 Å². The van der Waals surface area contributed by atoms with E-state index in [1.807, 2.05) is 31.9 Å². The Balaban J connectivity index is 1.59. The minimum absolute atomic E-state index is 0.181. The molecule has 1 saturated heterocycles. The SMILES string of the molecule is CC1CCN(C(=O)OC(C)(C)C)CC1n1ccc2cnc3c(ccn3COCC[Si](C)(C)C)c21. The van der Waals surface area contributed by atoms with Crippen LogP contribution in [0, 0.1) is 5.92 Å². The maximum absolute atomic E-state index is 12.8. The number of amides is 1. The Morgan fingerprint density at radius 2 is 1.97 bits per heavy atom. The molecule has 4 rings (SSSR count). The maximum atomic E-state index is 12.8. The lowest BCUT2D eigenvalue weighted by molar-refractivity contribution is 0.0128. The zero-order valence-electron chi connectivity index (χ0n) is 21.8. The van der Waals surface area contributed by atoms with Crippen LogP contribution in [0.25, 0.3) is 21.9 Å². The molecule has 0 saturated carbocycles. The number of fused-ring (bicyclic) bond motifs is 3. The molecule has 2 unspecified atom stereocenters. The highest BCUT2D eigenvalue weighted by molar-refractivity contribution is 6.76. The predicted molar refractivity (Wildman–Crippen MR) is 140 cm³/mol. The van der Waals surface area contributed by atoms with Crippen molar-refractivity contribution in [1.29, 1.82) is 0 Å². The van der Waals surface area contributed by atoms with Crippen LogP contribution in [0.15, 0.2) is 30.7 Å². The second-order valence-corrected chi connectivity index (χ2v) is 17.5. The summed E-state index contributed by atoms with van der Waals surface area (Å²) in [6.07, 6.45) is 6.89. The molecule has 0 N–H and O–H groups in total. The van der Waals surface area contributed by atoms with Crippen molar-refractivity contribution in [3.05, 3.63) is 30.7 Å². The molecular weight excluding hydrogens is 444 g/mol. The molecule has 34 heavy (non-hydrogen) atoms. The van der Waals surface area contributed by atoms with E-state index >= 15 is 0 Å². The van der Waals surface area contributed by atoms with Crippen LogP contribution in [-0.2, 0) is 16.2 Å². The van der Waals surface area contributed by atoms with Gasteiger partial charge in [0.05, 0.1) is 11.6 Å². The van der Waals surface area contributed by atoms with E-state index in [0.717, 1.165) is 42.0 Å². The van der Waals surface area contributed by atoms with Crippen LogP contribution < -0.4 is 0 Å². The van der Waals surface area contributed by atoms with Crippen molar-refractivity contribution < 1.29 is 14.3 Å². The van der Waals surface area contributed by atoms with Gasteiger partial charge in [0.15, 0.2) is 0 Å². The summed E-state index contributed by atoms with van der Waals surface area (Å²) in [4.78, 5) is 19.4. The second kappa shape index (κ2) is 9.38. The van der Waals surface area contributed by atoms with E-state index in [1.165, 1.54) is 5.52 Å². The van der Waals surface area contributed by atoms with E-state index in [9.17, 15) is 4.79 Å². The number of pyridine rings is 1. The molecule has 0 aliphatic carbocycles. The summed E-state index contributed by atoms with van der Waals surface area (Å²) < 4.78 is 16.1. The van der Waals surface area contributed by atoms with E-state index in [0.29, 0.717) is 19.2 Å². The van der Waals surface area contributed by atoms with Crippen molar-refractivity contribution in [2.75, 3.05) is 19.7 Å². The standard InChI is InChI=1S/C26H40N4O3Si/c1-19-8-11-28(25(31)33-26(2,3)4)17-22(19)30-13-9-20-16-27-24-21(23(20)30)10-12-29(24)18-32-14-15-34(5,6)7/h9-10,12-13,16,19,22H,8,11,14-15,17-18H2,1-7H3. The zero-order valence-corrected chi connectivity index (χ0v) is 22.8. The summed E-state index contributed by atoms with van der Waals surface area (Å²) in [6, 6.07) is 5.60. The fraction of sp³-hybridized carbons (Fsp3) is 0.615. The van der Waals surface area contributed by atoms with Gasteiger partial charge >= 0.3 is 6.09 Å². The van der Waals surface area contributed by atoms with Crippen molar-refractivity contribution in [1.82, 2.24) is 19.0 Å². The average molecular weight is 485 g/mol. The summed E-state index contributed by atoms with van der Waals surface area (Å²) in [5.74, 6) is 0.449. The molecule has 0 aromatic carbocycles. The van der Waals surface area contributed by atoms with Gasteiger partial charge in [-0.2, -0.15) is 0 Å². The Kier molecular flexibility index (Phi) is 6.84. The van der Waals surface area contributed by atoms with Gasteiger partial charge in [-0.25, -0.2) is 9.78 Å². The van der Waals surface area contributed by atoms with E-state index in [4.69, 9.17) is 14.5 Å². The Morgan fingerprint density at radius 1 is 1.21 bits per heavy atom. The lowest BCUT2D eigenvalue weighted by Gasteiger charge is -2.38. The number of ether oxygens (including phenoxy) is 2. The van der Waals surface area contributed by atoms with E-state index in [-0.39, 0.29) is 12.1 Å². The average Bonchev–Trinajstić information content (AvgIpc) is 3.33. The minimum atomic E-state index is -1.11. The first-order valence-electron chi connectivity index (χ1n) is 12.4. The van der Waals surface area contributed by atoms with Gasteiger partial charge < -0.3 is 23.5 Å². The molecule has 1 fully saturated rings. The van der Waals surface area contributed by atoms with Gasteiger partial charge in [-0.05, 0) is 51.3 Å². The molecule has 0 bridgehead atoms. The maximum Gasteiger partial charge on any atom is 0.410 e. The van der Waals surface area contributed by atoms with Crippen LogP contribution in [0.4, 0.5) is 4.79 Å². The lowest BCUT2D eigenvalue weighted by atomic mass is 9.93. The number of hydrogen-bond donors (Lipinski definition) is 0. The van der Waals surface area contributed by atoms with Crippen LogP contribution in [0.1, 0.15) is 40.2 Å². The number of hydrogen-bond acceptors (Lipinski definition) is 4. The molecule has 8 heteroatoms. The zero-order chi connectivity index (χ0) is 24.7. The largest absolute Gasteiger partial charge is 0.444 e. The molecule has 186 valence electrons. The number of carbonyl (C=O) groups excluding carboxylic acids is 1. The number of likely N-dealkylation sites (tertiary alicyclic amines) is 1. The smallest absolute Gasteiger partial charge is 0.410 e. The summed E-state index contributed by atoms with van der Waals surface area (Å²) in [7, 11) is -1.11. The monoisotopic (exact) mass is 484 g/mol. The van der Waals surface area contributed by atoms with Gasteiger partial charge in [-0.1, -0.05) is 26.6 Å². The normalized spacial score (nSPS) is 19.8. The van der Waals surface area contributed by atoms with Gasteiger partial charge in [0, 0.05) is 57.1 Å². The summed E-state index contributed by atoms with van der Waals surface area (Å²) in [5, 5.41) is 2.24. The fourth-order valence-corrected chi connectivity index (χ4v) is 5.37. The quantitative estimate of drug-likeness (QED) is 0.312. The number of rotatable bonds is 6. The number of nitrogens with zero attached hydrogens (tertiary/aromatic N) is 4. The third-order valence-electron chi connectivity index (χ3n) is 6.62. The minimum Gasteiger partial charge on any atom is -0.444 e. The molecule has 7 nitrogen and oxygen atoms in total. The molecular formula is C26H40N4O3Si. The van der Waals surface area contributed by atoms with Gasteiger partial charge in [0.2, 0.25) is 0 Å². The van der Waals surface area contributed by atoms with Crippen LogP contribution in [0.3, 0.4) is 0 Å². The van der Waals surface area contributed by atoms with Crippen LogP contribution in [-0.4, -0.2) is 58.5 Å². The summed E-state index contributed by atoms with van der Waals surface area (Å²) in [5.41, 5.74) is 1.62. The van der Waals surface area contributed by atoms with Crippen molar-refractivity contribution in [3.63, 3.8) is 0 Å². The van der Waals surface area contributed by atoms with Gasteiger partial charge in [0.1, 0.15) is 18.0 Å². The number of piperidine rings is 1. The molecule has 1 aliphatic rings. The first kappa shape index (κ1) is 24.8. The fourth-order valence-electron chi connectivity index (χ4n) is 4.61. The van der Waals surface area contributed by atoms with Gasteiger partial charge in [-0.15, -0.1) is 0 Å². The van der Waals surface area contributed by atoms with Gasteiger partial charge in [0.25, 0.3) is 0 Å². The summed E-state index contributed by atoms with van der Waals surface area (Å²) >= 11 is 0. The molecule has 1 aliphatic heterocycles. The van der Waals surface area contributed by atoms with Crippen molar-refractivity contribution in [2.24, 2.45) is 5.92 Å². The molecule has 1 amide bonds. The third-order valence-corrected chi connectivity index (χ3v) is 8.32. The Bertz CT molecular complexity index is 1150. The number of aromatic nitrogens is 3. The molecule has 0 spiro atoms. The highest BCUT2D eigenvalue weighted by atomic mass is 28.3. The highest BCUT2D eigenvalue weighted by Crippen LogP contribution is 2.34. The van der Waals surface area contributed by atoms with E-state index < -0.39 is 13.7 Å². The van der Waals surface area contributed by atoms with Crippen molar-refractivity contribution in [2.45, 2.75) is 78.2 Å². The van der Waals surface area contributed by atoms with Crippen molar-refractivity contribution >= 4 is 36.1 Å². The Morgan fingerprint density at radius 3 is 2.68 bits per heavy atom. The number of carbonyl (C=O) groups is 1. The second-order valence-electron chi connectivity index (χ2n) is 11.9. The van der Waals surface area contributed by atoms with Crippen LogP contribution in [0.2, 0.25) is 25.7 Å². The first-order valence-corrected chi connectivity index (χ1v) is 16.1. The predicted octanol–water partition coefficient (Wildman–Crippen LogP) is 6.12.